The molecule has 1 heterocycles. The van der Waals surface area contributed by atoms with Crippen LogP contribution in [-0.2, 0) is 6.42 Å². The van der Waals surface area contributed by atoms with Gasteiger partial charge in [-0.1, -0.05) is 30.3 Å². The molecule has 2 aromatic rings. The lowest BCUT2D eigenvalue weighted by Crippen LogP contribution is -2.49. The highest BCUT2D eigenvalue weighted by Crippen LogP contribution is 2.14. The van der Waals surface area contributed by atoms with Gasteiger partial charge >= 0.3 is 0 Å². The number of methoxy groups -OCH3 is 1. The minimum Gasteiger partial charge on any atom is -0.497 e. The third-order valence-corrected chi connectivity index (χ3v) is 4.91. The highest BCUT2D eigenvalue weighted by molar-refractivity contribution is 5.95. The molecule has 0 bridgehead atoms. The third-order valence-electron chi connectivity index (χ3n) is 4.91. The number of aryl methyl sites for hydroxylation is 1. The minimum atomic E-state index is 0.160. The van der Waals surface area contributed by atoms with Crippen molar-refractivity contribution < 1.29 is 9.53 Å². The average molecular weight is 338 g/mol. The molecule has 0 atom stereocenters. The second-order valence-electron chi connectivity index (χ2n) is 6.55. The van der Waals surface area contributed by atoms with Crippen molar-refractivity contribution in [3.05, 3.63) is 65.2 Å². The molecule has 0 unspecified atom stereocenters. The van der Waals surface area contributed by atoms with Crippen molar-refractivity contribution in [2.45, 2.75) is 13.3 Å². The molecule has 0 aromatic heterocycles. The van der Waals surface area contributed by atoms with E-state index in [4.69, 9.17) is 4.74 Å². The molecule has 4 nitrogen and oxygen atoms in total. The van der Waals surface area contributed by atoms with Crippen LogP contribution in [0.3, 0.4) is 0 Å². The number of rotatable bonds is 5. The molecule has 0 saturated carbocycles. The number of carbonyl (C=O) groups is 1. The van der Waals surface area contributed by atoms with E-state index in [0.717, 1.165) is 56.0 Å². The van der Waals surface area contributed by atoms with Crippen molar-refractivity contribution in [2.75, 3.05) is 39.8 Å². The Morgan fingerprint density at radius 3 is 2.32 bits per heavy atom. The van der Waals surface area contributed by atoms with Gasteiger partial charge in [-0.25, -0.2) is 0 Å². The summed E-state index contributed by atoms with van der Waals surface area (Å²) in [5, 5.41) is 0. The van der Waals surface area contributed by atoms with Gasteiger partial charge in [0, 0.05) is 38.3 Å². The lowest BCUT2D eigenvalue weighted by molar-refractivity contribution is 0.0638. The third kappa shape index (κ3) is 4.40. The van der Waals surface area contributed by atoms with Crippen LogP contribution in [0.4, 0.5) is 0 Å². The maximum Gasteiger partial charge on any atom is 0.254 e. The lowest BCUT2D eigenvalue weighted by Gasteiger charge is -2.35. The second kappa shape index (κ2) is 8.17. The zero-order chi connectivity index (χ0) is 17.6. The molecule has 0 radical (unpaired) electrons. The number of hydrogen-bond donors (Lipinski definition) is 0. The minimum absolute atomic E-state index is 0.160. The Hall–Kier alpha value is -2.33. The van der Waals surface area contributed by atoms with Crippen LogP contribution in [0.2, 0.25) is 0 Å². The first-order valence-corrected chi connectivity index (χ1v) is 8.87. The standard InChI is InChI=1S/C21H26N2O2/c1-17-5-3-4-6-20(17)21(24)23-15-13-22(14-16-23)12-11-18-7-9-19(25-2)10-8-18/h3-10H,11-16H2,1-2H3. The highest BCUT2D eigenvalue weighted by atomic mass is 16.5. The van der Waals surface area contributed by atoms with Crippen molar-refractivity contribution in [3.63, 3.8) is 0 Å². The van der Waals surface area contributed by atoms with E-state index in [1.165, 1.54) is 5.56 Å². The van der Waals surface area contributed by atoms with Crippen LogP contribution in [0.25, 0.3) is 0 Å². The first-order chi connectivity index (χ1) is 12.2. The fourth-order valence-corrected chi connectivity index (χ4v) is 3.24. The maximum atomic E-state index is 12.7. The van der Waals surface area contributed by atoms with Crippen LogP contribution >= 0.6 is 0 Å². The molecule has 25 heavy (non-hydrogen) atoms. The molecule has 1 aliphatic rings. The Labute approximate surface area is 150 Å². The van der Waals surface area contributed by atoms with E-state index >= 15 is 0 Å². The summed E-state index contributed by atoms with van der Waals surface area (Å²) in [6.07, 6.45) is 1.02. The number of piperazine rings is 1. The number of carbonyl (C=O) groups excluding carboxylic acids is 1. The molecule has 2 aromatic carbocycles. The molecule has 1 saturated heterocycles. The molecule has 4 heteroatoms. The van der Waals surface area contributed by atoms with Gasteiger partial charge in [-0.3, -0.25) is 9.69 Å². The zero-order valence-electron chi connectivity index (χ0n) is 15.1. The van der Waals surface area contributed by atoms with E-state index in [2.05, 4.69) is 17.0 Å². The summed E-state index contributed by atoms with van der Waals surface area (Å²) in [5.41, 5.74) is 3.20. The van der Waals surface area contributed by atoms with Crippen molar-refractivity contribution in [1.82, 2.24) is 9.80 Å². The van der Waals surface area contributed by atoms with Crippen molar-refractivity contribution in [3.8, 4) is 5.75 Å². The Morgan fingerprint density at radius 2 is 1.68 bits per heavy atom. The molecule has 0 N–H and O–H groups in total. The zero-order valence-corrected chi connectivity index (χ0v) is 15.1. The van der Waals surface area contributed by atoms with Crippen molar-refractivity contribution in [2.24, 2.45) is 0 Å². The Morgan fingerprint density at radius 1 is 1.00 bits per heavy atom. The molecular formula is C21H26N2O2. The van der Waals surface area contributed by atoms with Gasteiger partial charge in [0.2, 0.25) is 0 Å². The van der Waals surface area contributed by atoms with E-state index in [-0.39, 0.29) is 5.91 Å². The first-order valence-electron chi connectivity index (χ1n) is 8.87. The number of hydrogen-bond acceptors (Lipinski definition) is 3. The first kappa shape index (κ1) is 17.5. The van der Waals surface area contributed by atoms with E-state index in [1.807, 2.05) is 48.2 Å². The van der Waals surface area contributed by atoms with Crippen molar-refractivity contribution in [1.29, 1.82) is 0 Å². The number of benzene rings is 2. The van der Waals surface area contributed by atoms with Gasteiger partial charge in [0.05, 0.1) is 7.11 Å². The predicted octanol–water partition coefficient (Wildman–Crippen LogP) is 3.00. The summed E-state index contributed by atoms with van der Waals surface area (Å²) >= 11 is 0. The topological polar surface area (TPSA) is 32.8 Å². The van der Waals surface area contributed by atoms with Crippen LogP contribution in [-0.4, -0.2) is 55.5 Å². The fraction of sp³-hybridized carbons (Fsp3) is 0.381. The quantitative estimate of drug-likeness (QED) is 0.840. The number of ether oxygens (including phenoxy) is 1. The smallest absolute Gasteiger partial charge is 0.254 e. The van der Waals surface area contributed by atoms with Gasteiger partial charge in [-0.05, 0) is 42.7 Å². The predicted molar refractivity (Wildman–Crippen MR) is 100 cm³/mol. The van der Waals surface area contributed by atoms with Crippen LogP contribution in [0.15, 0.2) is 48.5 Å². The molecular weight excluding hydrogens is 312 g/mol. The molecule has 132 valence electrons. The summed E-state index contributed by atoms with van der Waals surface area (Å²) in [6.45, 7) is 6.50. The molecule has 1 aliphatic heterocycles. The van der Waals surface area contributed by atoms with Gasteiger partial charge in [0.15, 0.2) is 0 Å². The summed E-state index contributed by atoms with van der Waals surface area (Å²) in [4.78, 5) is 17.1. The second-order valence-corrected chi connectivity index (χ2v) is 6.55. The monoisotopic (exact) mass is 338 g/mol. The lowest BCUT2D eigenvalue weighted by atomic mass is 10.1. The summed E-state index contributed by atoms with van der Waals surface area (Å²) in [6, 6.07) is 16.1. The summed E-state index contributed by atoms with van der Waals surface area (Å²) in [5.74, 6) is 1.06. The van der Waals surface area contributed by atoms with Crippen LogP contribution in [0.1, 0.15) is 21.5 Å². The number of nitrogens with zero attached hydrogens (tertiary/aromatic N) is 2. The van der Waals surface area contributed by atoms with Gasteiger partial charge < -0.3 is 9.64 Å². The molecule has 3 rings (SSSR count). The van der Waals surface area contributed by atoms with E-state index in [1.54, 1.807) is 7.11 Å². The van der Waals surface area contributed by atoms with E-state index < -0.39 is 0 Å². The SMILES string of the molecule is COc1ccc(CCN2CCN(C(=O)c3ccccc3C)CC2)cc1. The Bertz CT molecular complexity index is 704. The largest absolute Gasteiger partial charge is 0.497 e. The van der Waals surface area contributed by atoms with E-state index in [0.29, 0.717) is 0 Å². The molecule has 0 aliphatic carbocycles. The molecule has 0 spiro atoms. The van der Waals surface area contributed by atoms with Gasteiger partial charge in [0.1, 0.15) is 5.75 Å². The van der Waals surface area contributed by atoms with Crippen LogP contribution in [0.5, 0.6) is 5.75 Å². The Balaban J connectivity index is 1.48. The summed E-state index contributed by atoms with van der Waals surface area (Å²) in [7, 11) is 1.69. The van der Waals surface area contributed by atoms with Crippen molar-refractivity contribution >= 4 is 5.91 Å². The Kier molecular flexibility index (Phi) is 5.71. The number of amides is 1. The molecule has 1 fully saturated rings. The van der Waals surface area contributed by atoms with Crippen LogP contribution < -0.4 is 4.74 Å². The van der Waals surface area contributed by atoms with Gasteiger partial charge in [-0.15, -0.1) is 0 Å². The fourth-order valence-electron chi connectivity index (χ4n) is 3.24. The van der Waals surface area contributed by atoms with Gasteiger partial charge in [0.25, 0.3) is 5.91 Å². The van der Waals surface area contributed by atoms with E-state index in [9.17, 15) is 4.79 Å². The highest BCUT2D eigenvalue weighted by Gasteiger charge is 2.22. The van der Waals surface area contributed by atoms with Gasteiger partial charge in [-0.2, -0.15) is 0 Å². The maximum absolute atomic E-state index is 12.7. The molecule has 1 amide bonds. The summed E-state index contributed by atoms with van der Waals surface area (Å²) < 4.78 is 5.19. The average Bonchev–Trinajstić information content (AvgIpc) is 2.67. The normalized spacial score (nSPS) is 15.2. The van der Waals surface area contributed by atoms with Crippen LogP contribution in [0, 0.1) is 6.92 Å².